The number of hydrogen-bond acceptors (Lipinski definition) is 5. The third kappa shape index (κ3) is 4.55. The van der Waals surface area contributed by atoms with E-state index in [0.717, 1.165) is 10.5 Å². The molecule has 2 aromatic carbocycles. The number of urea groups is 1. The summed E-state index contributed by atoms with van der Waals surface area (Å²) in [7, 11) is 1.43. The molecule has 0 spiro atoms. The number of imide groups is 1. The quantitative estimate of drug-likeness (QED) is 0.551. The van der Waals surface area contributed by atoms with Crippen LogP contribution in [-0.2, 0) is 16.1 Å². The van der Waals surface area contributed by atoms with Crippen molar-refractivity contribution < 1.29 is 29.0 Å². The van der Waals surface area contributed by atoms with Crippen molar-refractivity contribution in [2.45, 2.75) is 19.6 Å². The van der Waals surface area contributed by atoms with E-state index in [2.05, 4.69) is 5.32 Å². The average Bonchev–Trinajstić information content (AvgIpc) is 2.97. The van der Waals surface area contributed by atoms with Crippen molar-refractivity contribution in [1.29, 1.82) is 0 Å². The lowest BCUT2D eigenvalue weighted by Crippen LogP contribution is -2.30. The average molecular weight is 396 g/mol. The van der Waals surface area contributed by atoms with Gasteiger partial charge in [0.1, 0.15) is 5.70 Å². The Bertz CT molecular complexity index is 970. The van der Waals surface area contributed by atoms with Gasteiger partial charge < -0.3 is 19.9 Å². The lowest BCUT2D eigenvalue weighted by molar-refractivity contribution is -0.144. The Morgan fingerprint density at radius 2 is 1.90 bits per heavy atom. The van der Waals surface area contributed by atoms with E-state index < -0.39 is 24.0 Å². The molecule has 2 aromatic rings. The van der Waals surface area contributed by atoms with Crippen LogP contribution in [0.15, 0.2) is 54.2 Å². The molecule has 1 aliphatic rings. The molecule has 0 saturated carbocycles. The Morgan fingerprint density at radius 3 is 2.55 bits per heavy atom. The molecule has 8 nitrogen and oxygen atoms in total. The molecule has 0 aliphatic carbocycles. The first-order valence-electron chi connectivity index (χ1n) is 8.85. The largest absolute Gasteiger partial charge is 0.493 e. The van der Waals surface area contributed by atoms with Gasteiger partial charge in [-0.3, -0.25) is 9.69 Å². The second-order valence-corrected chi connectivity index (χ2v) is 6.37. The number of benzene rings is 2. The highest BCUT2D eigenvalue weighted by molar-refractivity contribution is 6.13. The monoisotopic (exact) mass is 396 g/mol. The molecule has 8 heteroatoms. The zero-order valence-corrected chi connectivity index (χ0v) is 15.9. The maximum Gasteiger partial charge on any atom is 0.344 e. The normalized spacial score (nSPS) is 15.9. The Hall–Kier alpha value is -3.81. The van der Waals surface area contributed by atoms with Gasteiger partial charge in [0.2, 0.25) is 0 Å². The molecule has 1 fully saturated rings. The fraction of sp³-hybridized carbons (Fsp3) is 0.190. The molecule has 2 N–H and O–H groups in total. The summed E-state index contributed by atoms with van der Waals surface area (Å²) in [6.45, 7) is 1.58. The van der Waals surface area contributed by atoms with Gasteiger partial charge in [-0.05, 0) is 36.3 Å². The van der Waals surface area contributed by atoms with E-state index in [1.807, 2.05) is 30.3 Å². The lowest BCUT2D eigenvalue weighted by Gasteiger charge is -2.14. The van der Waals surface area contributed by atoms with Gasteiger partial charge in [-0.1, -0.05) is 36.4 Å². The van der Waals surface area contributed by atoms with Gasteiger partial charge in [-0.15, -0.1) is 0 Å². The van der Waals surface area contributed by atoms with Gasteiger partial charge in [0.15, 0.2) is 17.6 Å². The third-order valence-electron chi connectivity index (χ3n) is 4.30. The maximum absolute atomic E-state index is 12.6. The number of carboxylic acid groups (broad SMARTS) is 1. The molecule has 0 radical (unpaired) electrons. The number of aliphatic carboxylic acids is 1. The molecular formula is C21H20N2O6. The number of nitrogens with one attached hydrogen (secondary N) is 1. The van der Waals surface area contributed by atoms with Crippen LogP contribution in [0.3, 0.4) is 0 Å². The molecule has 150 valence electrons. The summed E-state index contributed by atoms with van der Waals surface area (Å²) in [6, 6.07) is 13.5. The van der Waals surface area contributed by atoms with Crippen molar-refractivity contribution in [3.05, 3.63) is 65.4 Å². The topological polar surface area (TPSA) is 105 Å². The smallest absolute Gasteiger partial charge is 0.344 e. The first-order valence-corrected chi connectivity index (χ1v) is 8.85. The Balaban J connectivity index is 1.80. The second kappa shape index (κ2) is 8.47. The molecule has 3 amide bonds. The van der Waals surface area contributed by atoms with Crippen LogP contribution in [0.1, 0.15) is 18.1 Å². The van der Waals surface area contributed by atoms with Crippen LogP contribution in [-0.4, -0.2) is 41.1 Å². The minimum absolute atomic E-state index is 0.139. The molecule has 1 atom stereocenters. The van der Waals surface area contributed by atoms with Crippen LogP contribution in [0.5, 0.6) is 11.5 Å². The number of carbonyl (C=O) groups is 3. The second-order valence-electron chi connectivity index (χ2n) is 6.37. The number of carboxylic acids is 1. The van der Waals surface area contributed by atoms with E-state index in [4.69, 9.17) is 14.6 Å². The van der Waals surface area contributed by atoms with Crippen molar-refractivity contribution in [3.8, 4) is 11.5 Å². The first-order chi connectivity index (χ1) is 13.9. The number of nitrogens with zero attached hydrogens (tertiary/aromatic N) is 1. The highest BCUT2D eigenvalue weighted by atomic mass is 16.5. The van der Waals surface area contributed by atoms with Crippen LogP contribution in [0.4, 0.5) is 4.79 Å². The zero-order chi connectivity index (χ0) is 21.0. The lowest BCUT2D eigenvalue weighted by atomic mass is 10.1. The summed E-state index contributed by atoms with van der Waals surface area (Å²) in [6.07, 6.45) is 0.480. The molecule has 1 saturated heterocycles. The molecule has 29 heavy (non-hydrogen) atoms. The Morgan fingerprint density at radius 1 is 1.17 bits per heavy atom. The summed E-state index contributed by atoms with van der Waals surface area (Å²) in [5.41, 5.74) is 1.57. The number of carbonyl (C=O) groups excluding carboxylic acids is 2. The van der Waals surface area contributed by atoms with Crippen LogP contribution in [0, 0.1) is 0 Å². The fourth-order valence-electron chi connectivity index (χ4n) is 2.76. The number of rotatable bonds is 7. The van der Waals surface area contributed by atoms with Crippen LogP contribution in [0.2, 0.25) is 0 Å². The van der Waals surface area contributed by atoms with Crippen molar-refractivity contribution in [3.63, 3.8) is 0 Å². The Labute approximate surface area is 167 Å². The van der Waals surface area contributed by atoms with Crippen LogP contribution in [0.25, 0.3) is 6.08 Å². The first kappa shape index (κ1) is 19.9. The Kier molecular flexibility index (Phi) is 5.82. The van der Waals surface area contributed by atoms with E-state index >= 15 is 0 Å². The summed E-state index contributed by atoms with van der Waals surface area (Å²) < 4.78 is 10.6. The summed E-state index contributed by atoms with van der Waals surface area (Å²) in [5.74, 6) is -0.962. The minimum atomic E-state index is -1.10. The molecular weight excluding hydrogens is 376 g/mol. The van der Waals surface area contributed by atoms with E-state index in [0.29, 0.717) is 11.3 Å². The van der Waals surface area contributed by atoms with E-state index in [1.165, 1.54) is 20.1 Å². The minimum Gasteiger partial charge on any atom is -0.493 e. The summed E-state index contributed by atoms with van der Waals surface area (Å²) in [4.78, 5) is 36.9. The van der Waals surface area contributed by atoms with Crippen molar-refractivity contribution in [2.75, 3.05) is 7.11 Å². The van der Waals surface area contributed by atoms with Crippen molar-refractivity contribution in [2.24, 2.45) is 0 Å². The molecule has 0 aromatic heterocycles. The SMILES string of the molecule is COc1cc(/C=C2\NC(=O)N(Cc3ccccc3)C2=O)ccc1O[C@H](C)C(=O)O. The van der Waals surface area contributed by atoms with E-state index in [1.54, 1.807) is 18.2 Å². The molecule has 0 unspecified atom stereocenters. The van der Waals surface area contributed by atoms with E-state index in [-0.39, 0.29) is 18.0 Å². The van der Waals surface area contributed by atoms with Crippen LogP contribution >= 0.6 is 0 Å². The molecule has 0 bridgehead atoms. The van der Waals surface area contributed by atoms with Gasteiger partial charge in [0, 0.05) is 0 Å². The molecule has 1 aliphatic heterocycles. The zero-order valence-electron chi connectivity index (χ0n) is 15.9. The molecule has 1 heterocycles. The molecule has 3 rings (SSSR count). The van der Waals surface area contributed by atoms with Gasteiger partial charge in [-0.25, -0.2) is 9.59 Å². The van der Waals surface area contributed by atoms with Gasteiger partial charge >= 0.3 is 12.0 Å². The number of amides is 3. The number of hydrogen-bond donors (Lipinski definition) is 2. The van der Waals surface area contributed by atoms with E-state index in [9.17, 15) is 14.4 Å². The van der Waals surface area contributed by atoms with Gasteiger partial charge in [0.05, 0.1) is 13.7 Å². The number of ether oxygens (including phenoxy) is 2. The van der Waals surface area contributed by atoms with Gasteiger partial charge in [-0.2, -0.15) is 0 Å². The summed E-state index contributed by atoms with van der Waals surface area (Å²) in [5, 5.41) is 11.5. The van der Waals surface area contributed by atoms with Crippen molar-refractivity contribution >= 4 is 24.0 Å². The highest BCUT2D eigenvalue weighted by Gasteiger charge is 2.33. The summed E-state index contributed by atoms with van der Waals surface area (Å²) >= 11 is 0. The van der Waals surface area contributed by atoms with Gasteiger partial charge in [0.25, 0.3) is 5.91 Å². The van der Waals surface area contributed by atoms with Crippen molar-refractivity contribution in [1.82, 2.24) is 10.2 Å². The fourth-order valence-corrected chi connectivity index (χ4v) is 2.76. The van der Waals surface area contributed by atoms with Crippen LogP contribution < -0.4 is 14.8 Å². The predicted octanol–water partition coefficient (Wildman–Crippen LogP) is 2.64. The number of methoxy groups -OCH3 is 1. The third-order valence-corrected chi connectivity index (χ3v) is 4.30. The maximum atomic E-state index is 12.6. The predicted molar refractivity (Wildman–Crippen MR) is 104 cm³/mol. The standard InChI is InChI=1S/C21H20N2O6/c1-13(20(25)26)29-17-9-8-15(11-18(17)28-2)10-16-19(24)23(21(27)22-16)12-14-6-4-3-5-7-14/h3-11,13H,12H2,1-2H3,(H,22,27)(H,25,26)/b16-10-/t13-/m1/s1. The highest BCUT2D eigenvalue weighted by Crippen LogP contribution is 2.30.